The molecule has 0 heterocycles. The molecule has 2 N–H and O–H groups in total. The maximum Gasteiger partial charge on any atom is 0.241 e. The van der Waals surface area contributed by atoms with Crippen LogP contribution >= 0.6 is 22.3 Å². The summed E-state index contributed by atoms with van der Waals surface area (Å²) < 4.78 is 47.2. The number of carbonyl (C=O) groups is 2. The van der Waals surface area contributed by atoms with Gasteiger partial charge in [0, 0.05) is 10.7 Å². The number of likely N-dealkylation sites (N-methyl/N-ethyl adjacent to an activating group) is 1. The molecule has 0 radical (unpaired) electrons. The van der Waals surface area contributed by atoms with Gasteiger partial charge in [0.25, 0.3) is 0 Å². The third-order valence-corrected chi connectivity index (χ3v) is 11.7. The molecule has 10 nitrogen and oxygen atoms in total. The van der Waals surface area contributed by atoms with Crippen LogP contribution in [-0.2, 0) is 28.5 Å². The number of sulfone groups is 1. The van der Waals surface area contributed by atoms with Crippen molar-refractivity contribution in [2.75, 3.05) is 45.1 Å². The maximum atomic E-state index is 12.5. The SMILES string of the molecule is CN(CC(=O)CS(=O)(=O)CN(C)C(=[Se])c1ccccc1)C(=[Se])c1ccccc1.CN(N)C(=[Se])c1ccccc1.O=C(Cl)CS(=O)(=O)Cl. The van der Waals surface area contributed by atoms with Crippen molar-refractivity contribution in [1.82, 2.24) is 14.8 Å². The van der Waals surface area contributed by atoms with Crippen LogP contribution < -0.4 is 5.84 Å². The third-order valence-electron chi connectivity index (χ3n) is 5.55. The number of ketones is 1. The maximum absolute atomic E-state index is 12.5. The summed E-state index contributed by atoms with van der Waals surface area (Å²) in [6, 6.07) is 29.0. The number of hydrazine groups is 1. The van der Waals surface area contributed by atoms with Gasteiger partial charge in [-0.3, -0.25) is 4.79 Å². The zero-order valence-corrected chi connectivity index (χ0v) is 33.9. The summed E-state index contributed by atoms with van der Waals surface area (Å²) in [4.78, 5) is 25.4. The predicted octanol–water partition coefficient (Wildman–Crippen LogP) is 0.944. The molecule has 0 spiro atoms. The quantitative estimate of drug-likeness (QED) is 0.108. The van der Waals surface area contributed by atoms with Crippen molar-refractivity contribution < 1.29 is 26.4 Å². The molecule has 0 saturated heterocycles. The fraction of sp³-hybridized carbons (Fsp3) is 0.233. The minimum atomic E-state index is -3.73. The van der Waals surface area contributed by atoms with Crippen LogP contribution in [0.4, 0.5) is 0 Å². The van der Waals surface area contributed by atoms with Crippen molar-refractivity contribution in [3.05, 3.63) is 108 Å². The second-order valence-corrected chi connectivity index (χ2v) is 17.4. The second-order valence-electron chi connectivity index (χ2n) is 9.77. The van der Waals surface area contributed by atoms with Crippen LogP contribution in [0.1, 0.15) is 16.7 Å². The molecule has 254 valence electrons. The topological polar surface area (TPSA) is 138 Å². The molecule has 0 saturated carbocycles. The monoisotopic (exact) mass is 920 g/mol. The Labute approximate surface area is 310 Å². The molecule has 3 aromatic rings. The van der Waals surface area contributed by atoms with Crippen molar-refractivity contribution in [3.63, 3.8) is 0 Å². The molecule has 17 heteroatoms. The van der Waals surface area contributed by atoms with E-state index in [1.807, 2.05) is 91.0 Å². The standard InChI is InChI=1S/C20H22N2O3SSe2.C8H10N2Se.C2H2Cl2O3S/c1-21(19(27)16-9-5-3-6-10-16)13-18(23)14-26(24,25)15-22(2)20(28)17-11-7-4-8-12-17;1-10(9)8(11)7-5-3-2-4-6-7;3-2(5)1-8(4,6)7/h3-12H,13-15H2,1-2H3;2-6H,9H2,1H3;1H2. The zero-order valence-electron chi connectivity index (χ0n) is 25.7. The number of nitrogens with zero attached hydrogens (tertiary/aromatic N) is 3. The summed E-state index contributed by atoms with van der Waals surface area (Å²) in [5.74, 6) is 3.65. The molecule has 0 atom stereocenters. The van der Waals surface area contributed by atoms with Gasteiger partial charge in [-0.05, 0) is 11.6 Å². The molecule has 0 bridgehead atoms. The summed E-state index contributed by atoms with van der Waals surface area (Å²) in [7, 11) is 2.54. The molecule has 0 aliphatic rings. The van der Waals surface area contributed by atoms with Crippen LogP contribution in [0.3, 0.4) is 0 Å². The van der Waals surface area contributed by atoms with Gasteiger partial charge in [-0.25, -0.2) is 8.42 Å². The number of rotatable bonds is 14. The summed E-state index contributed by atoms with van der Waals surface area (Å²) in [5, 5.41) is 0.593. The average molecular weight is 919 g/mol. The minimum Gasteiger partial charge on any atom is -0.280 e. The van der Waals surface area contributed by atoms with Gasteiger partial charge in [0.2, 0.25) is 14.3 Å². The zero-order chi connectivity index (χ0) is 35.8. The van der Waals surface area contributed by atoms with Crippen molar-refractivity contribution >= 4 is 113 Å². The van der Waals surface area contributed by atoms with Crippen LogP contribution in [0.25, 0.3) is 0 Å². The number of hydrogen-bond donors (Lipinski definition) is 1. The van der Waals surface area contributed by atoms with E-state index in [0.29, 0.717) is 0 Å². The summed E-state index contributed by atoms with van der Waals surface area (Å²) in [5.41, 5.74) is 2.95. The number of hydrogen-bond acceptors (Lipinski definition) is 10. The van der Waals surface area contributed by atoms with E-state index in [2.05, 4.69) is 69.0 Å². The van der Waals surface area contributed by atoms with E-state index >= 15 is 0 Å². The van der Waals surface area contributed by atoms with Gasteiger partial charge in [-0.15, -0.1) is 0 Å². The number of halogens is 2. The molecular weight excluding hydrogens is 884 g/mol. The number of nitrogens with two attached hydrogens (primary N) is 1. The summed E-state index contributed by atoms with van der Waals surface area (Å²) >= 11 is 13.4. The van der Waals surface area contributed by atoms with Crippen molar-refractivity contribution in [2.45, 2.75) is 0 Å². The van der Waals surface area contributed by atoms with Crippen molar-refractivity contribution in [1.29, 1.82) is 0 Å². The van der Waals surface area contributed by atoms with Gasteiger partial charge in [0.15, 0.2) is 0 Å². The first-order chi connectivity index (χ1) is 21.8. The average Bonchev–Trinajstić information content (AvgIpc) is 3.00. The first-order valence-corrected chi connectivity index (χ1v) is 20.6. The van der Waals surface area contributed by atoms with E-state index < -0.39 is 35.6 Å². The molecule has 3 rings (SSSR count). The normalized spacial score (nSPS) is 10.6. The van der Waals surface area contributed by atoms with Gasteiger partial charge < -0.3 is 0 Å². The molecule has 0 aromatic heterocycles. The van der Waals surface area contributed by atoms with Crippen LogP contribution in [0.5, 0.6) is 0 Å². The molecule has 0 fully saturated rings. The van der Waals surface area contributed by atoms with Crippen LogP contribution in [0.15, 0.2) is 91.0 Å². The molecular formula is C30H34Cl2N4O6S2Se3. The Balaban J connectivity index is 0.000000473. The third kappa shape index (κ3) is 18.4. The van der Waals surface area contributed by atoms with Gasteiger partial charge in [0.1, 0.15) is 5.75 Å². The minimum absolute atomic E-state index is 0.0215. The van der Waals surface area contributed by atoms with E-state index in [4.69, 9.17) is 5.84 Å². The predicted molar refractivity (Wildman–Crippen MR) is 195 cm³/mol. The van der Waals surface area contributed by atoms with Crippen LogP contribution in [0, 0.1) is 0 Å². The van der Waals surface area contributed by atoms with Crippen molar-refractivity contribution in [3.8, 4) is 0 Å². The Morgan fingerprint density at radius 2 is 1.02 bits per heavy atom. The van der Waals surface area contributed by atoms with E-state index in [1.54, 1.807) is 36.0 Å². The van der Waals surface area contributed by atoms with Crippen molar-refractivity contribution in [2.24, 2.45) is 5.84 Å². The fourth-order valence-electron chi connectivity index (χ4n) is 3.55. The van der Waals surface area contributed by atoms with E-state index in [1.165, 1.54) is 0 Å². The molecule has 0 amide bonds. The Hall–Kier alpha value is -1.99. The smallest absolute Gasteiger partial charge is 0.241 e. The van der Waals surface area contributed by atoms with E-state index in [-0.39, 0.29) is 18.2 Å². The summed E-state index contributed by atoms with van der Waals surface area (Å²) in [6.07, 6.45) is 0. The Bertz CT molecular complexity index is 1730. The van der Waals surface area contributed by atoms with Gasteiger partial charge in [-0.1, -0.05) is 0 Å². The number of carbonyl (C=O) groups excluding carboxylic acids is 2. The number of Topliss-reactive ketones (excluding diaryl/α,β-unsaturated/α-hetero) is 1. The molecule has 47 heavy (non-hydrogen) atoms. The molecule has 0 aliphatic heterocycles. The van der Waals surface area contributed by atoms with E-state index in [9.17, 15) is 26.4 Å². The van der Waals surface area contributed by atoms with Gasteiger partial charge >= 0.3 is 257 Å². The Morgan fingerprint density at radius 3 is 1.34 bits per heavy atom. The van der Waals surface area contributed by atoms with Gasteiger partial charge in [0.05, 0.1) is 0 Å². The Kier molecular flexibility index (Phi) is 19.4. The first kappa shape index (κ1) is 43.0. The van der Waals surface area contributed by atoms with Gasteiger partial charge in [-0.2, -0.15) is 0 Å². The molecule has 0 unspecified atom stereocenters. The number of benzene rings is 3. The fourth-order valence-corrected chi connectivity index (χ4v) is 7.42. The second kappa shape index (κ2) is 21.2. The van der Waals surface area contributed by atoms with Crippen LogP contribution in [0.2, 0.25) is 0 Å². The van der Waals surface area contributed by atoms with Crippen LogP contribution in [-0.4, -0.2) is 148 Å². The van der Waals surface area contributed by atoms with E-state index in [0.717, 1.165) is 30.3 Å². The molecule has 0 aliphatic carbocycles. The first-order valence-electron chi connectivity index (χ1n) is 13.3. The largest absolute Gasteiger partial charge is 0.280 e. The Morgan fingerprint density at radius 1 is 0.660 bits per heavy atom. The summed E-state index contributed by atoms with van der Waals surface area (Å²) in [6.45, 7) is 0.0215. The molecule has 3 aromatic carbocycles.